The smallest absolute Gasteiger partial charge is 0.139 e. The summed E-state index contributed by atoms with van der Waals surface area (Å²) >= 11 is 6.36. The maximum Gasteiger partial charge on any atom is 0.139 e. The van der Waals surface area contributed by atoms with Gasteiger partial charge in [0.15, 0.2) is 0 Å². The molecule has 0 fully saturated rings. The maximum atomic E-state index is 6.36. The highest BCUT2D eigenvalue weighted by Gasteiger charge is 2.20. The summed E-state index contributed by atoms with van der Waals surface area (Å²) < 4.78 is 7.35. The molecule has 0 saturated carbocycles. The molecule has 1 N–H and O–H groups in total. The van der Waals surface area contributed by atoms with Crippen LogP contribution in [0.1, 0.15) is 17.2 Å². The monoisotopic (exact) mass is 439 g/mol. The molecule has 0 saturated heterocycles. The number of benzene rings is 3. The Morgan fingerprint density at radius 3 is 2.03 bits per heavy atom. The summed E-state index contributed by atoms with van der Waals surface area (Å²) in [4.78, 5) is 4.92. The number of rotatable bonds is 6. The molecule has 5 heteroatoms. The van der Waals surface area contributed by atoms with Crippen LogP contribution >= 0.6 is 11.6 Å². The van der Waals surface area contributed by atoms with Crippen molar-refractivity contribution < 1.29 is 4.74 Å². The average Bonchev–Trinajstić information content (AvgIpc) is 3.21. The predicted octanol–water partition coefficient (Wildman–Crippen LogP) is 6.86. The van der Waals surface area contributed by atoms with Gasteiger partial charge in [-0.1, -0.05) is 72.3 Å². The average molecular weight is 440 g/mol. The number of nitrogens with one attached hydrogen (secondary N) is 1. The van der Waals surface area contributed by atoms with Gasteiger partial charge in [0.25, 0.3) is 0 Å². The lowest BCUT2D eigenvalue weighted by Gasteiger charge is -2.22. The molecule has 2 heterocycles. The molecule has 32 heavy (non-hydrogen) atoms. The second kappa shape index (κ2) is 8.77. The zero-order valence-electron chi connectivity index (χ0n) is 17.6. The van der Waals surface area contributed by atoms with E-state index in [0.717, 1.165) is 39.6 Å². The molecule has 0 atom stereocenters. The molecule has 0 amide bonds. The Labute approximate surface area is 192 Å². The Kier molecular flexibility index (Phi) is 5.53. The number of aromatic nitrogens is 2. The number of methoxy groups -OCH3 is 1. The minimum atomic E-state index is -0.0618. The predicted molar refractivity (Wildman–Crippen MR) is 131 cm³/mol. The first-order valence-electron chi connectivity index (χ1n) is 10.4. The van der Waals surface area contributed by atoms with Crippen molar-refractivity contribution in [2.75, 3.05) is 12.4 Å². The molecule has 0 aliphatic heterocycles. The fraction of sp³-hybridized carbons (Fsp3) is 0.0741. The summed E-state index contributed by atoms with van der Waals surface area (Å²) in [6.07, 6.45) is 1.90. The van der Waals surface area contributed by atoms with Gasteiger partial charge in [-0.2, -0.15) is 0 Å². The van der Waals surface area contributed by atoms with Crippen molar-refractivity contribution in [3.05, 3.63) is 119 Å². The molecule has 4 nitrogen and oxygen atoms in total. The highest BCUT2D eigenvalue weighted by molar-refractivity contribution is 6.30. The van der Waals surface area contributed by atoms with Gasteiger partial charge in [0.2, 0.25) is 0 Å². The highest BCUT2D eigenvalue weighted by atomic mass is 35.5. The Morgan fingerprint density at radius 2 is 1.44 bits per heavy atom. The van der Waals surface area contributed by atoms with Gasteiger partial charge in [-0.15, -0.1) is 0 Å². The second-order valence-corrected chi connectivity index (χ2v) is 7.95. The van der Waals surface area contributed by atoms with Crippen molar-refractivity contribution in [1.29, 1.82) is 0 Å². The van der Waals surface area contributed by atoms with Gasteiger partial charge in [-0.3, -0.25) is 4.40 Å². The van der Waals surface area contributed by atoms with E-state index in [0.29, 0.717) is 5.02 Å². The Hall–Kier alpha value is -3.76. The van der Waals surface area contributed by atoms with E-state index in [9.17, 15) is 0 Å². The molecule has 0 bridgehead atoms. The van der Waals surface area contributed by atoms with Gasteiger partial charge in [0, 0.05) is 11.8 Å². The molecule has 5 rings (SSSR count). The molecular formula is C27H22ClN3O. The number of ether oxygens (including phenoxy) is 1. The molecule has 0 unspecified atom stereocenters. The van der Waals surface area contributed by atoms with Crippen molar-refractivity contribution in [1.82, 2.24) is 9.38 Å². The number of nitrogens with zero attached hydrogens (tertiary/aromatic N) is 2. The topological polar surface area (TPSA) is 38.6 Å². The van der Waals surface area contributed by atoms with Crippen molar-refractivity contribution in [2.24, 2.45) is 0 Å². The van der Waals surface area contributed by atoms with Gasteiger partial charge < -0.3 is 10.1 Å². The van der Waals surface area contributed by atoms with E-state index in [-0.39, 0.29) is 6.04 Å². The van der Waals surface area contributed by atoms with Crippen LogP contribution in [-0.2, 0) is 0 Å². The molecule has 0 aliphatic rings. The molecule has 5 aromatic rings. The number of imidazole rings is 1. The van der Waals surface area contributed by atoms with Crippen LogP contribution in [0.3, 0.4) is 0 Å². The Morgan fingerprint density at radius 1 is 0.812 bits per heavy atom. The summed E-state index contributed by atoms with van der Waals surface area (Å²) in [7, 11) is 1.67. The molecule has 3 aromatic carbocycles. The molecule has 2 aromatic heterocycles. The van der Waals surface area contributed by atoms with Crippen LogP contribution in [0, 0.1) is 0 Å². The standard InChI is InChI=1S/C27H22ClN3O/c1-32-23-15-12-21(13-16-23)26-27(31-18-22(28)14-17-24(31)29-26)30-25(19-8-4-2-5-9-19)20-10-6-3-7-11-20/h2-18,25,30H,1H3. The number of anilines is 1. The third-order valence-corrected chi connectivity index (χ3v) is 5.72. The first-order chi connectivity index (χ1) is 15.7. The molecular weight excluding hydrogens is 418 g/mol. The lowest BCUT2D eigenvalue weighted by Crippen LogP contribution is -2.14. The zero-order valence-corrected chi connectivity index (χ0v) is 18.3. The number of fused-ring (bicyclic) bond motifs is 1. The van der Waals surface area contributed by atoms with E-state index in [1.165, 1.54) is 0 Å². The van der Waals surface area contributed by atoms with E-state index in [2.05, 4.69) is 53.8 Å². The summed E-state index contributed by atoms with van der Waals surface area (Å²) in [5.41, 5.74) is 5.00. The van der Waals surface area contributed by atoms with E-state index in [4.69, 9.17) is 21.3 Å². The van der Waals surface area contributed by atoms with Crippen molar-refractivity contribution >= 4 is 23.1 Å². The van der Waals surface area contributed by atoms with Crippen LogP contribution in [0.25, 0.3) is 16.9 Å². The third-order valence-electron chi connectivity index (χ3n) is 5.49. The summed E-state index contributed by atoms with van der Waals surface area (Å²) in [5, 5.41) is 4.42. The second-order valence-electron chi connectivity index (χ2n) is 7.51. The summed E-state index contributed by atoms with van der Waals surface area (Å²) in [6, 6.07) is 32.5. The minimum absolute atomic E-state index is 0.0618. The number of hydrogen-bond donors (Lipinski definition) is 1. The maximum absolute atomic E-state index is 6.36. The summed E-state index contributed by atoms with van der Waals surface area (Å²) in [6.45, 7) is 0. The zero-order chi connectivity index (χ0) is 21.9. The van der Waals surface area contributed by atoms with Crippen LogP contribution in [0.4, 0.5) is 5.82 Å². The third kappa shape index (κ3) is 3.93. The fourth-order valence-corrected chi connectivity index (χ4v) is 4.05. The lowest BCUT2D eigenvalue weighted by atomic mass is 9.98. The van der Waals surface area contributed by atoms with Gasteiger partial charge in [0.1, 0.15) is 22.9 Å². The van der Waals surface area contributed by atoms with Crippen LogP contribution in [0.15, 0.2) is 103 Å². The van der Waals surface area contributed by atoms with Crippen LogP contribution in [-0.4, -0.2) is 16.5 Å². The van der Waals surface area contributed by atoms with Crippen LogP contribution in [0.5, 0.6) is 5.75 Å². The fourth-order valence-electron chi connectivity index (χ4n) is 3.89. The normalized spacial score (nSPS) is 11.1. The van der Waals surface area contributed by atoms with Crippen LogP contribution < -0.4 is 10.1 Å². The largest absolute Gasteiger partial charge is 0.497 e. The van der Waals surface area contributed by atoms with E-state index in [1.807, 2.05) is 59.1 Å². The first-order valence-corrected chi connectivity index (χ1v) is 10.8. The van der Waals surface area contributed by atoms with Gasteiger partial charge >= 0.3 is 0 Å². The van der Waals surface area contributed by atoms with Crippen molar-refractivity contribution in [3.63, 3.8) is 0 Å². The first kappa shape index (κ1) is 20.2. The van der Waals surface area contributed by atoms with Gasteiger partial charge in [-0.05, 0) is 47.5 Å². The Balaban J connectivity index is 1.68. The van der Waals surface area contributed by atoms with Gasteiger partial charge in [-0.25, -0.2) is 4.98 Å². The van der Waals surface area contributed by atoms with E-state index < -0.39 is 0 Å². The molecule has 0 spiro atoms. The minimum Gasteiger partial charge on any atom is -0.497 e. The molecule has 0 radical (unpaired) electrons. The molecule has 158 valence electrons. The van der Waals surface area contributed by atoms with E-state index >= 15 is 0 Å². The number of halogens is 1. The SMILES string of the molecule is COc1ccc(-c2nc3ccc(Cl)cn3c2NC(c2ccccc2)c2ccccc2)cc1. The van der Waals surface area contributed by atoms with Crippen LogP contribution in [0.2, 0.25) is 5.02 Å². The van der Waals surface area contributed by atoms with Gasteiger partial charge in [0.05, 0.1) is 18.2 Å². The lowest BCUT2D eigenvalue weighted by molar-refractivity contribution is 0.415. The number of hydrogen-bond acceptors (Lipinski definition) is 3. The van der Waals surface area contributed by atoms with Crippen molar-refractivity contribution in [3.8, 4) is 17.0 Å². The molecule has 0 aliphatic carbocycles. The van der Waals surface area contributed by atoms with E-state index in [1.54, 1.807) is 7.11 Å². The quantitative estimate of drug-likeness (QED) is 0.314. The van der Waals surface area contributed by atoms with Crippen molar-refractivity contribution in [2.45, 2.75) is 6.04 Å². The summed E-state index contributed by atoms with van der Waals surface area (Å²) in [5.74, 6) is 1.69. The highest BCUT2D eigenvalue weighted by Crippen LogP contribution is 2.35. The number of pyridine rings is 1. The Bertz CT molecular complexity index is 1290.